The zero-order chi connectivity index (χ0) is 14.5. The predicted octanol–water partition coefficient (Wildman–Crippen LogP) is 4.29. The van der Waals surface area contributed by atoms with Crippen LogP contribution < -0.4 is 10.2 Å². The average molecular weight is 315 g/mol. The molecular formula is C15H20Cl2N2O. The highest BCUT2D eigenvalue weighted by atomic mass is 35.5. The Labute approximate surface area is 130 Å². The molecule has 1 aromatic carbocycles. The highest BCUT2D eigenvalue weighted by Crippen LogP contribution is 2.30. The van der Waals surface area contributed by atoms with Crippen molar-refractivity contribution in [3.8, 4) is 0 Å². The third-order valence-electron chi connectivity index (χ3n) is 3.52. The maximum absolute atomic E-state index is 11.6. The summed E-state index contributed by atoms with van der Waals surface area (Å²) in [6.07, 6.45) is 4.99. The molecule has 0 bridgehead atoms. The zero-order valence-electron chi connectivity index (χ0n) is 11.7. The maximum atomic E-state index is 11.6. The normalized spacial score (nSPS) is 17.4. The number of rotatable bonds is 3. The van der Waals surface area contributed by atoms with Crippen LogP contribution in [-0.4, -0.2) is 24.4 Å². The summed E-state index contributed by atoms with van der Waals surface area (Å²) in [5.74, 6) is -0.217. The quantitative estimate of drug-likeness (QED) is 0.844. The Morgan fingerprint density at radius 2 is 1.90 bits per heavy atom. The van der Waals surface area contributed by atoms with Gasteiger partial charge < -0.3 is 10.2 Å². The highest BCUT2D eigenvalue weighted by Gasteiger charge is 2.14. The van der Waals surface area contributed by atoms with Gasteiger partial charge in [0, 0.05) is 18.8 Å². The van der Waals surface area contributed by atoms with Crippen molar-refractivity contribution in [1.82, 2.24) is 0 Å². The van der Waals surface area contributed by atoms with Crippen molar-refractivity contribution in [2.75, 3.05) is 23.3 Å². The van der Waals surface area contributed by atoms with Gasteiger partial charge in [0.05, 0.1) is 10.7 Å². The molecule has 1 aliphatic rings. The maximum Gasteiger partial charge on any atom is 0.242 e. The van der Waals surface area contributed by atoms with Gasteiger partial charge in [0.1, 0.15) is 5.38 Å². The fourth-order valence-electron chi connectivity index (χ4n) is 2.39. The standard InChI is InChI=1S/C15H20Cl2N2O/c1-11(16)15(20)18-12-6-7-14(13(17)10-12)19-8-4-2-3-5-9-19/h6-7,10-11H,2-5,8-9H2,1H3,(H,18,20)/t11-/m1/s1. The van der Waals surface area contributed by atoms with Gasteiger partial charge in [-0.05, 0) is 38.0 Å². The molecule has 1 saturated heterocycles. The molecule has 1 aromatic rings. The Bertz CT molecular complexity index is 469. The average Bonchev–Trinajstić information content (AvgIpc) is 2.67. The smallest absolute Gasteiger partial charge is 0.242 e. The number of hydrogen-bond donors (Lipinski definition) is 1. The number of carbonyl (C=O) groups is 1. The lowest BCUT2D eigenvalue weighted by Gasteiger charge is -2.24. The number of alkyl halides is 1. The van der Waals surface area contributed by atoms with Gasteiger partial charge in [0.2, 0.25) is 5.91 Å². The predicted molar refractivity (Wildman–Crippen MR) is 86.1 cm³/mol. The lowest BCUT2D eigenvalue weighted by molar-refractivity contribution is -0.115. The van der Waals surface area contributed by atoms with E-state index in [4.69, 9.17) is 23.2 Å². The summed E-state index contributed by atoms with van der Waals surface area (Å²) in [4.78, 5) is 13.9. The minimum Gasteiger partial charge on any atom is -0.370 e. The molecule has 1 heterocycles. The molecule has 1 N–H and O–H groups in total. The molecule has 0 saturated carbocycles. The lowest BCUT2D eigenvalue weighted by atomic mass is 10.2. The molecule has 0 radical (unpaired) electrons. The molecule has 1 aliphatic heterocycles. The Balaban J connectivity index is 2.10. The van der Waals surface area contributed by atoms with Crippen molar-refractivity contribution in [2.24, 2.45) is 0 Å². The van der Waals surface area contributed by atoms with Crippen LogP contribution in [-0.2, 0) is 4.79 Å². The summed E-state index contributed by atoms with van der Waals surface area (Å²) in [7, 11) is 0. The fourth-order valence-corrected chi connectivity index (χ4v) is 2.75. The first-order chi connectivity index (χ1) is 9.58. The van der Waals surface area contributed by atoms with Crippen molar-refractivity contribution in [1.29, 1.82) is 0 Å². The summed E-state index contributed by atoms with van der Waals surface area (Å²) < 4.78 is 0. The number of halogens is 2. The van der Waals surface area contributed by atoms with Crippen molar-refractivity contribution in [3.63, 3.8) is 0 Å². The van der Waals surface area contributed by atoms with E-state index in [2.05, 4.69) is 10.2 Å². The minimum absolute atomic E-state index is 0.217. The third kappa shape index (κ3) is 4.03. The second kappa shape index (κ2) is 7.19. The molecule has 5 heteroatoms. The van der Waals surface area contributed by atoms with Gasteiger partial charge in [0.15, 0.2) is 0 Å². The van der Waals surface area contributed by atoms with E-state index >= 15 is 0 Å². The molecule has 0 unspecified atom stereocenters. The van der Waals surface area contributed by atoms with Gasteiger partial charge >= 0.3 is 0 Å². The number of carbonyl (C=O) groups excluding carboxylic acids is 1. The van der Waals surface area contributed by atoms with Gasteiger partial charge in [-0.2, -0.15) is 0 Å². The molecule has 3 nitrogen and oxygen atoms in total. The molecule has 20 heavy (non-hydrogen) atoms. The lowest BCUT2D eigenvalue weighted by Crippen LogP contribution is -2.24. The molecule has 2 rings (SSSR count). The third-order valence-corrected chi connectivity index (χ3v) is 4.02. The number of nitrogens with zero attached hydrogens (tertiary/aromatic N) is 1. The number of amides is 1. The van der Waals surface area contributed by atoms with Crippen molar-refractivity contribution >= 4 is 40.5 Å². The molecular weight excluding hydrogens is 295 g/mol. The fraction of sp³-hybridized carbons (Fsp3) is 0.533. The van der Waals surface area contributed by atoms with E-state index in [1.807, 2.05) is 12.1 Å². The van der Waals surface area contributed by atoms with Gasteiger partial charge in [-0.3, -0.25) is 4.79 Å². The van der Waals surface area contributed by atoms with Crippen LogP contribution in [0, 0.1) is 0 Å². The van der Waals surface area contributed by atoms with Gasteiger partial charge in [-0.25, -0.2) is 0 Å². The Morgan fingerprint density at radius 1 is 1.25 bits per heavy atom. The van der Waals surface area contributed by atoms with Gasteiger partial charge in [-0.1, -0.05) is 24.4 Å². The van der Waals surface area contributed by atoms with E-state index < -0.39 is 5.38 Å². The van der Waals surface area contributed by atoms with E-state index in [9.17, 15) is 4.79 Å². The van der Waals surface area contributed by atoms with Crippen LogP contribution >= 0.6 is 23.2 Å². The van der Waals surface area contributed by atoms with E-state index in [0.29, 0.717) is 10.7 Å². The summed E-state index contributed by atoms with van der Waals surface area (Å²) in [6.45, 7) is 3.73. The first kappa shape index (κ1) is 15.5. The largest absolute Gasteiger partial charge is 0.370 e. The van der Waals surface area contributed by atoms with Crippen LogP contribution in [0.5, 0.6) is 0 Å². The Kier molecular flexibility index (Phi) is 5.55. The SMILES string of the molecule is C[C@@H](Cl)C(=O)Nc1ccc(N2CCCCCC2)c(Cl)c1. The second-order valence-electron chi connectivity index (χ2n) is 5.17. The molecule has 110 valence electrons. The van der Waals surface area contributed by atoms with Crippen molar-refractivity contribution < 1.29 is 4.79 Å². The van der Waals surface area contributed by atoms with Crippen LogP contribution in [0.25, 0.3) is 0 Å². The van der Waals surface area contributed by atoms with E-state index in [1.54, 1.807) is 13.0 Å². The van der Waals surface area contributed by atoms with Gasteiger partial charge in [0.25, 0.3) is 0 Å². The molecule has 0 spiro atoms. The van der Waals surface area contributed by atoms with Crippen LogP contribution in [0.3, 0.4) is 0 Å². The molecule has 1 amide bonds. The number of benzene rings is 1. The molecule has 1 atom stereocenters. The summed E-state index contributed by atoms with van der Waals surface area (Å²) >= 11 is 12.1. The van der Waals surface area contributed by atoms with Crippen LogP contribution in [0.15, 0.2) is 18.2 Å². The summed E-state index contributed by atoms with van der Waals surface area (Å²) in [5.41, 5.74) is 1.73. The number of hydrogen-bond acceptors (Lipinski definition) is 2. The minimum atomic E-state index is -0.556. The monoisotopic (exact) mass is 314 g/mol. The van der Waals surface area contributed by atoms with Gasteiger partial charge in [-0.15, -0.1) is 11.6 Å². The number of nitrogens with one attached hydrogen (secondary N) is 1. The van der Waals surface area contributed by atoms with Crippen LogP contribution in [0.2, 0.25) is 5.02 Å². The molecule has 0 aliphatic carbocycles. The topological polar surface area (TPSA) is 32.3 Å². The van der Waals surface area contributed by atoms with Crippen LogP contribution in [0.4, 0.5) is 11.4 Å². The Hall–Kier alpha value is -0.930. The van der Waals surface area contributed by atoms with E-state index in [0.717, 1.165) is 18.8 Å². The number of anilines is 2. The molecule has 0 aromatic heterocycles. The Morgan fingerprint density at radius 3 is 2.45 bits per heavy atom. The molecule has 1 fully saturated rings. The summed E-state index contributed by atoms with van der Waals surface area (Å²) in [6, 6.07) is 5.64. The van der Waals surface area contributed by atoms with Crippen LogP contribution in [0.1, 0.15) is 32.6 Å². The second-order valence-corrected chi connectivity index (χ2v) is 6.23. The highest BCUT2D eigenvalue weighted by molar-refractivity contribution is 6.34. The first-order valence-corrected chi connectivity index (χ1v) is 7.89. The van der Waals surface area contributed by atoms with E-state index in [1.165, 1.54) is 25.7 Å². The zero-order valence-corrected chi connectivity index (χ0v) is 13.2. The van der Waals surface area contributed by atoms with Crippen molar-refractivity contribution in [3.05, 3.63) is 23.2 Å². The van der Waals surface area contributed by atoms with Crippen molar-refractivity contribution in [2.45, 2.75) is 38.0 Å². The van der Waals surface area contributed by atoms with E-state index in [-0.39, 0.29) is 5.91 Å². The summed E-state index contributed by atoms with van der Waals surface area (Å²) in [5, 5.41) is 2.87. The first-order valence-electron chi connectivity index (χ1n) is 7.07.